The van der Waals surface area contributed by atoms with Crippen molar-refractivity contribution in [2.75, 3.05) is 9.80 Å². The van der Waals surface area contributed by atoms with Gasteiger partial charge in [-0.25, -0.2) is 0 Å². The first-order valence-electron chi connectivity index (χ1n) is 23.8. The molecule has 0 unspecified atom stereocenters. The van der Waals surface area contributed by atoms with Crippen LogP contribution in [-0.4, -0.2) is 11.3 Å². The van der Waals surface area contributed by atoms with Crippen molar-refractivity contribution in [3.63, 3.8) is 0 Å². The predicted molar refractivity (Wildman–Crippen MR) is 290 cm³/mol. The van der Waals surface area contributed by atoms with Gasteiger partial charge in [0.2, 0.25) is 0 Å². The quantitative estimate of drug-likeness (QED) is 0.154. The molecular weight excluding hydrogens is 822 g/mol. The maximum absolute atomic E-state index is 2.56. The number of anilines is 6. The summed E-state index contributed by atoms with van der Waals surface area (Å²) in [6.45, 7) is 6.91. The SMILES string of the molecule is CC(C)(C)c1ccccc1-c1ccc2c(c1)B1c3ccccc3N(c3ccccc3-c3ccccc3)c3cc(-n4c5ccccc5c5ccccc54)cc(c31)N2c1ccc(-c2ccccc2)cc1. The van der Waals surface area contributed by atoms with Gasteiger partial charge in [-0.05, 0) is 110 Å². The van der Waals surface area contributed by atoms with Crippen LogP contribution in [0.3, 0.4) is 0 Å². The molecule has 1 aromatic heterocycles. The van der Waals surface area contributed by atoms with Crippen LogP contribution in [0.4, 0.5) is 34.1 Å². The molecule has 0 spiro atoms. The Morgan fingerprint density at radius 1 is 0.338 bits per heavy atom. The maximum atomic E-state index is 2.56. The van der Waals surface area contributed by atoms with E-state index in [0.717, 1.165) is 17.1 Å². The van der Waals surface area contributed by atoms with E-state index in [1.807, 2.05) is 0 Å². The van der Waals surface area contributed by atoms with Crippen molar-refractivity contribution in [1.29, 1.82) is 0 Å². The highest BCUT2D eigenvalue weighted by Crippen LogP contribution is 2.49. The average Bonchev–Trinajstić information content (AvgIpc) is 3.73. The first kappa shape index (κ1) is 40.0. The zero-order valence-corrected chi connectivity index (χ0v) is 38.4. The van der Waals surface area contributed by atoms with Gasteiger partial charge in [-0.1, -0.05) is 203 Å². The van der Waals surface area contributed by atoms with Crippen molar-refractivity contribution < 1.29 is 0 Å². The molecule has 0 atom stereocenters. The normalized spacial score (nSPS) is 12.8. The van der Waals surface area contributed by atoms with Crippen LogP contribution in [0.1, 0.15) is 26.3 Å². The van der Waals surface area contributed by atoms with E-state index in [1.54, 1.807) is 0 Å². The standard InChI is InChI=1S/C64H48BN3/c1-64(2,3)53-28-14-10-24-49(53)46-36-39-60-55(40-46)65-54-29-15-19-33-59(54)68(56-30-16-11-25-50(56)45-22-8-5-9-23-45)62-42-48(67-57-31-17-12-26-51(57)52-27-13-18-32-58(52)67)41-61(63(62)65)66(60)47-37-34-44(35-38-47)43-20-6-4-7-21-43/h4-42H,1-3H3. The molecule has 0 saturated carbocycles. The Morgan fingerprint density at radius 2 is 0.853 bits per heavy atom. The predicted octanol–water partition coefficient (Wildman–Crippen LogP) is 15.2. The van der Waals surface area contributed by atoms with Crippen LogP contribution in [0.25, 0.3) is 60.9 Å². The molecule has 0 amide bonds. The smallest absolute Gasteiger partial charge is 0.252 e. The van der Waals surface area contributed by atoms with Crippen LogP contribution in [-0.2, 0) is 5.41 Å². The summed E-state index contributed by atoms with van der Waals surface area (Å²) in [5, 5.41) is 2.48. The molecule has 0 aliphatic carbocycles. The van der Waals surface area contributed by atoms with E-state index >= 15 is 0 Å². The molecule has 0 bridgehead atoms. The van der Waals surface area contributed by atoms with Crippen LogP contribution in [0.5, 0.6) is 0 Å². The largest absolute Gasteiger partial charge is 0.311 e. The summed E-state index contributed by atoms with van der Waals surface area (Å²) in [6.07, 6.45) is 0. The van der Waals surface area contributed by atoms with Gasteiger partial charge in [0.1, 0.15) is 0 Å². The average molecular weight is 870 g/mol. The molecule has 4 heteroatoms. The third kappa shape index (κ3) is 6.28. The van der Waals surface area contributed by atoms with Crippen LogP contribution < -0.4 is 26.2 Å². The van der Waals surface area contributed by atoms with E-state index in [-0.39, 0.29) is 12.1 Å². The Balaban J connectivity index is 1.15. The van der Waals surface area contributed by atoms with E-state index in [4.69, 9.17) is 0 Å². The summed E-state index contributed by atoms with van der Waals surface area (Å²) in [7, 11) is 0. The number of rotatable bonds is 6. The lowest BCUT2D eigenvalue weighted by molar-refractivity contribution is 0.592. The van der Waals surface area contributed by atoms with Crippen molar-refractivity contribution in [2.45, 2.75) is 26.2 Å². The third-order valence-corrected chi connectivity index (χ3v) is 14.3. The summed E-state index contributed by atoms with van der Waals surface area (Å²) in [5.41, 5.74) is 22.9. The third-order valence-electron chi connectivity index (χ3n) is 14.3. The molecule has 68 heavy (non-hydrogen) atoms. The number of nitrogens with zero attached hydrogens (tertiary/aromatic N) is 3. The van der Waals surface area contributed by atoms with Crippen LogP contribution >= 0.6 is 0 Å². The fourth-order valence-electron chi connectivity index (χ4n) is 11.3. The zero-order chi connectivity index (χ0) is 45.5. The number of fused-ring (bicyclic) bond motifs is 7. The molecule has 0 radical (unpaired) electrons. The Hall–Kier alpha value is -8.34. The second-order valence-electron chi connectivity index (χ2n) is 19.3. The molecule has 3 nitrogen and oxygen atoms in total. The van der Waals surface area contributed by atoms with Gasteiger partial charge < -0.3 is 14.4 Å². The van der Waals surface area contributed by atoms with Gasteiger partial charge in [0.25, 0.3) is 6.71 Å². The number of benzene rings is 10. The Morgan fingerprint density at radius 3 is 1.54 bits per heavy atom. The van der Waals surface area contributed by atoms with Gasteiger partial charge in [-0.15, -0.1) is 0 Å². The molecule has 0 N–H and O–H groups in total. The fraction of sp³-hybridized carbons (Fsp3) is 0.0625. The van der Waals surface area contributed by atoms with E-state index < -0.39 is 0 Å². The lowest BCUT2D eigenvalue weighted by Gasteiger charge is -2.45. The van der Waals surface area contributed by atoms with Crippen molar-refractivity contribution in [2.24, 2.45) is 0 Å². The highest BCUT2D eigenvalue weighted by atomic mass is 15.2. The zero-order valence-electron chi connectivity index (χ0n) is 38.4. The molecule has 10 aromatic carbocycles. The van der Waals surface area contributed by atoms with E-state index in [2.05, 4.69) is 272 Å². The van der Waals surface area contributed by atoms with E-state index in [9.17, 15) is 0 Å². The molecule has 0 saturated heterocycles. The molecule has 11 aromatic rings. The number of hydrogen-bond donors (Lipinski definition) is 0. The number of aromatic nitrogens is 1. The minimum Gasteiger partial charge on any atom is -0.311 e. The van der Waals surface area contributed by atoms with Crippen LogP contribution in [0.2, 0.25) is 0 Å². The van der Waals surface area contributed by atoms with Crippen LogP contribution in [0.15, 0.2) is 237 Å². The first-order chi connectivity index (χ1) is 33.4. The van der Waals surface area contributed by atoms with Gasteiger partial charge >= 0.3 is 0 Å². The number of hydrogen-bond acceptors (Lipinski definition) is 2. The molecule has 2 aliphatic rings. The molecule has 2 aliphatic heterocycles. The lowest BCUT2D eigenvalue weighted by atomic mass is 9.33. The second-order valence-corrected chi connectivity index (χ2v) is 19.3. The summed E-state index contributed by atoms with van der Waals surface area (Å²) >= 11 is 0. The summed E-state index contributed by atoms with van der Waals surface area (Å²) < 4.78 is 2.48. The van der Waals surface area contributed by atoms with Crippen LogP contribution in [0, 0.1) is 0 Å². The summed E-state index contributed by atoms with van der Waals surface area (Å²) in [6, 6.07) is 87.7. The molecule has 0 fully saturated rings. The summed E-state index contributed by atoms with van der Waals surface area (Å²) in [4.78, 5) is 5.11. The van der Waals surface area contributed by atoms with Gasteiger partial charge in [0.15, 0.2) is 0 Å². The van der Waals surface area contributed by atoms with Crippen molar-refractivity contribution in [3.05, 3.63) is 242 Å². The molecule has 13 rings (SSSR count). The summed E-state index contributed by atoms with van der Waals surface area (Å²) in [5.74, 6) is 0. The minimum absolute atomic E-state index is 0.0356. The van der Waals surface area contributed by atoms with E-state index in [1.165, 1.54) is 99.9 Å². The molecule has 322 valence electrons. The van der Waals surface area contributed by atoms with Crippen molar-refractivity contribution in [3.8, 4) is 39.1 Å². The lowest BCUT2D eigenvalue weighted by Crippen LogP contribution is -2.61. The maximum Gasteiger partial charge on any atom is 0.252 e. The van der Waals surface area contributed by atoms with Gasteiger partial charge in [0.05, 0.1) is 22.4 Å². The Labute approximate surface area is 398 Å². The topological polar surface area (TPSA) is 11.4 Å². The molecule has 3 heterocycles. The molecular formula is C64H48BN3. The number of para-hydroxylation sites is 4. The van der Waals surface area contributed by atoms with Gasteiger partial charge in [-0.2, -0.15) is 0 Å². The highest BCUT2D eigenvalue weighted by Gasteiger charge is 2.44. The Kier molecular flexibility index (Phi) is 9.20. The monoisotopic (exact) mass is 869 g/mol. The van der Waals surface area contributed by atoms with Crippen molar-refractivity contribution >= 4 is 79.0 Å². The highest BCUT2D eigenvalue weighted by molar-refractivity contribution is 7.00. The fourth-order valence-corrected chi connectivity index (χ4v) is 11.3. The van der Waals surface area contributed by atoms with Crippen molar-refractivity contribution in [1.82, 2.24) is 4.57 Å². The van der Waals surface area contributed by atoms with Gasteiger partial charge in [-0.3, -0.25) is 0 Å². The first-order valence-corrected chi connectivity index (χ1v) is 23.8. The van der Waals surface area contributed by atoms with E-state index in [0.29, 0.717) is 0 Å². The Bertz CT molecular complexity index is 3680. The van der Waals surface area contributed by atoms with Gasteiger partial charge in [0, 0.05) is 44.8 Å². The minimum atomic E-state index is -0.0554. The second kappa shape index (κ2) is 15.6.